The van der Waals surface area contributed by atoms with Gasteiger partial charge in [-0.2, -0.15) is 13.2 Å². The van der Waals surface area contributed by atoms with Crippen LogP contribution in [-0.2, 0) is 10.9 Å². The molecule has 0 aromatic heterocycles. The predicted molar refractivity (Wildman–Crippen MR) is 71.6 cm³/mol. The molecule has 1 aliphatic rings. The first-order valence-electron chi connectivity index (χ1n) is 6.47. The molecule has 1 aliphatic heterocycles. The molecule has 0 unspecified atom stereocenters. The Labute approximate surface area is 115 Å². The van der Waals surface area contributed by atoms with Crippen LogP contribution in [0.5, 0.6) is 0 Å². The lowest BCUT2D eigenvalue weighted by atomic mass is 10.1. The third kappa shape index (κ3) is 4.01. The van der Waals surface area contributed by atoms with Gasteiger partial charge < -0.3 is 15.8 Å². The van der Waals surface area contributed by atoms with Crippen LogP contribution in [0.3, 0.4) is 0 Å². The van der Waals surface area contributed by atoms with Crippen molar-refractivity contribution in [2.24, 2.45) is 0 Å². The number of hydrogen-bond donors (Lipinski definition) is 2. The van der Waals surface area contributed by atoms with Crippen molar-refractivity contribution in [2.75, 3.05) is 50.4 Å². The number of nitrogen functional groups attached to an aromatic ring is 1. The van der Waals surface area contributed by atoms with Gasteiger partial charge in [0, 0.05) is 37.6 Å². The molecule has 0 radical (unpaired) electrons. The Bertz CT molecular complexity index is 445. The van der Waals surface area contributed by atoms with E-state index in [4.69, 9.17) is 10.5 Å². The maximum atomic E-state index is 12.9. The van der Waals surface area contributed by atoms with Crippen LogP contribution in [0, 0.1) is 0 Å². The molecule has 4 nitrogen and oxygen atoms in total. The Morgan fingerprint density at radius 1 is 1.25 bits per heavy atom. The van der Waals surface area contributed by atoms with Gasteiger partial charge in [-0.3, -0.25) is 4.90 Å². The standard InChI is InChI=1S/C13H18F3N3O/c14-13(15,16)11-9-10(17)1-2-12(11)18-3-4-19-5-7-20-8-6-19/h1-2,9,18H,3-8,17H2. The summed E-state index contributed by atoms with van der Waals surface area (Å²) in [4.78, 5) is 2.15. The van der Waals surface area contributed by atoms with Crippen molar-refractivity contribution in [2.45, 2.75) is 6.18 Å². The van der Waals surface area contributed by atoms with Crippen molar-refractivity contribution in [1.82, 2.24) is 4.90 Å². The Kier molecular flexibility index (Phi) is 4.72. The summed E-state index contributed by atoms with van der Waals surface area (Å²) in [7, 11) is 0. The molecular weight excluding hydrogens is 271 g/mol. The van der Waals surface area contributed by atoms with Crippen molar-refractivity contribution in [3.8, 4) is 0 Å². The molecule has 1 aromatic rings. The fourth-order valence-electron chi connectivity index (χ4n) is 2.12. The second kappa shape index (κ2) is 6.32. The van der Waals surface area contributed by atoms with Crippen molar-refractivity contribution in [3.05, 3.63) is 23.8 Å². The van der Waals surface area contributed by atoms with Crippen LogP contribution in [0.15, 0.2) is 18.2 Å². The van der Waals surface area contributed by atoms with E-state index in [1.165, 1.54) is 12.1 Å². The second-order valence-corrected chi connectivity index (χ2v) is 4.68. The van der Waals surface area contributed by atoms with Gasteiger partial charge in [-0.1, -0.05) is 0 Å². The van der Waals surface area contributed by atoms with E-state index in [9.17, 15) is 13.2 Å². The quantitative estimate of drug-likeness (QED) is 0.833. The number of rotatable bonds is 4. The molecule has 1 fully saturated rings. The highest BCUT2D eigenvalue weighted by atomic mass is 19.4. The molecule has 0 saturated carbocycles. The Morgan fingerprint density at radius 2 is 1.95 bits per heavy atom. The molecule has 0 aliphatic carbocycles. The summed E-state index contributed by atoms with van der Waals surface area (Å²) < 4.78 is 43.9. The Balaban J connectivity index is 1.95. The van der Waals surface area contributed by atoms with E-state index in [2.05, 4.69) is 10.2 Å². The number of benzene rings is 1. The van der Waals surface area contributed by atoms with Crippen LogP contribution in [0.2, 0.25) is 0 Å². The van der Waals surface area contributed by atoms with Gasteiger partial charge in [-0.05, 0) is 18.2 Å². The topological polar surface area (TPSA) is 50.5 Å². The molecule has 112 valence electrons. The van der Waals surface area contributed by atoms with E-state index in [1.807, 2.05) is 0 Å². The number of hydrogen-bond acceptors (Lipinski definition) is 4. The largest absolute Gasteiger partial charge is 0.418 e. The van der Waals surface area contributed by atoms with E-state index >= 15 is 0 Å². The molecular formula is C13H18F3N3O. The second-order valence-electron chi connectivity index (χ2n) is 4.68. The number of ether oxygens (including phenoxy) is 1. The Hall–Kier alpha value is -1.47. The summed E-state index contributed by atoms with van der Waals surface area (Å²) in [5.74, 6) is 0. The average Bonchev–Trinajstić information content (AvgIpc) is 2.40. The van der Waals surface area contributed by atoms with Gasteiger partial charge in [0.15, 0.2) is 0 Å². The molecule has 7 heteroatoms. The highest BCUT2D eigenvalue weighted by Crippen LogP contribution is 2.35. The summed E-state index contributed by atoms with van der Waals surface area (Å²) in [6.45, 7) is 4.12. The van der Waals surface area contributed by atoms with E-state index in [-0.39, 0.29) is 11.4 Å². The fraction of sp³-hybridized carbons (Fsp3) is 0.538. The fourth-order valence-corrected chi connectivity index (χ4v) is 2.12. The number of alkyl halides is 3. The number of nitrogens with one attached hydrogen (secondary N) is 1. The van der Waals surface area contributed by atoms with Crippen LogP contribution in [0.1, 0.15) is 5.56 Å². The minimum absolute atomic E-state index is 0.0694. The first kappa shape index (κ1) is 14.9. The first-order chi connectivity index (χ1) is 9.47. The molecule has 2 rings (SSSR count). The van der Waals surface area contributed by atoms with Gasteiger partial charge in [0.05, 0.1) is 18.8 Å². The zero-order valence-electron chi connectivity index (χ0n) is 11.0. The zero-order chi connectivity index (χ0) is 14.6. The van der Waals surface area contributed by atoms with E-state index in [1.54, 1.807) is 0 Å². The molecule has 0 atom stereocenters. The number of nitrogens with zero attached hydrogens (tertiary/aromatic N) is 1. The molecule has 1 heterocycles. The maximum absolute atomic E-state index is 12.9. The number of morpholine rings is 1. The van der Waals surface area contributed by atoms with Crippen LogP contribution in [-0.4, -0.2) is 44.3 Å². The van der Waals surface area contributed by atoms with Crippen LogP contribution in [0.4, 0.5) is 24.5 Å². The molecule has 1 saturated heterocycles. The summed E-state index contributed by atoms with van der Waals surface area (Å²) in [5, 5.41) is 2.84. The SMILES string of the molecule is Nc1ccc(NCCN2CCOCC2)c(C(F)(F)F)c1. The number of halogens is 3. The molecule has 1 aromatic carbocycles. The molecule has 0 bridgehead atoms. The Morgan fingerprint density at radius 3 is 2.60 bits per heavy atom. The van der Waals surface area contributed by atoms with Gasteiger partial charge in [0.1, 0.15) is 0 Å². The lowest BCUT2D eigenvalue weighted by Gasteiger charge is -2.27. The molecule has 3 N–H and O–H groups in total. The van der Waals surface area contributed by atoms with Crippen molar-refractivity contribution < 1.29 is 17.9 Å². The lowest BCUT2D eigenvalue weighted by Crippen LogP contribution is -2.39. The summed E-state index contributed by atoms with van der Waals surface area (Å²) in [6, 6.07) is 3.79. The molecule has 20 heavy (non-hydrogen) atoms. The van der Waals surface area contributed by atoms with Gasteiger partial charge in [-0.25, -0.2) is 0 Å². The van der Waals surface area contributed by atoms with E-state index in [0.717, 1.165) is 19.2 Å². The summed E-state index contributed by atoms with van der Waals surface area (Å²) in [5.41, 5.74) is 4.87. The maximum Gasteiger partial charge on any atom is 0.418 e. The van der Waals surface area contributed by atoms with E-state index < -0.39 is 11.7 Å². The smallest absolute Gasteiger partial charge is 0.399 e. The average molecular weight is 289 g/mol. The van der Waals surface area contributed by atoms with Gasteiger partial charge in [0.25, 0.3) is 0 Å². The highest BCUT2D eigenvalue weighted by molar-refractivity contribution is 5.59. The van der Waals surface area contributed by atoms with Crippen LogP contribution < -0.4 is 11.1 Å². The third-order valence-electron chi connectivity index (χ3n) is 3.20. The van der Waals surface area contributed by atoms with Crippen LogP contribution in [0.25, 0.3) is 0 Å². The summed E-state index contributed by atoms with van der Waals surface area (Å²) >= 11 is 0. The lowest BCUT2D eigenvalue weighted by molar-refractivity contribution is -0.136. The van der Waals surface area contributed by atoms with E-state index in [0.29, 0.717) is 26.3 Å². The van der Waals surface area contributed by atoms with Gasteiger partial charge >= 0.3 is 6.18 Å². The zero-order valence-corrected chi connectivity index (χ0v) is 11.0. The van der Waals surface area contributed by atoms with Crippen LogP contribution >= 0.6 is 0 Å². The number of anilines is 2. The van der Waals surface area contributed by atoms with Gasteiger partial charge in [-0.15, -0.1) is 0 Å². The molecule has 0 amide bonds. The van der Waals surface area contributed by atoms with Crippen molar-refractivity contribution >= 4 is 11.4 Å². The summed E-state index contributed by atoms with van der Waals surface area (Å²) in [6.07, 6.45) is -4.41. The minimum Gasteiger partial charge on any atom is -0.399 e. The monoisotopic (exact) mass is 289 g/mol. The van der Waals surface area contributed by atoms with Gasteiger partial charge in [0.2, 0.25) is 0 Å². The first-order valence-corrected chi connectivity index (χ1v) is 6.47. The van der Waals surface area contributed by atoms with Crippen molar-refractivity contribution in [1.29, 1.82) is 0 Å². The minimum atomic E-state index is -4.41. The predicted octanol–water partition coefficient (Wildman–Crippen LogP) is 2.03. The normalized spacial score (nSPS) is 17.1. The number of nitrogens with two attached hydrogens (primary N) is 1. The van der Waals surface area contributed by atoms with Crippen molar-refractivity contribution in [3.63, 3.8) is 0 Å². The highest BCUT2D eigenvalue weighted by Gasteiger charge is 2.33. The molecule has 0 spiro atoms. The third-order valence-corrected chi connectivity index (χ3v) is 3.20.